The van der Waals surface area contributed by atoms with Crippen molar-refractivity contribution in [3.05, 3.63) is 66.0 Å². The van der Waals surface area contributed by atoms with E-state index in [1.165, 1.54) is 0 Å². The van der Waals surface area contributed by atoms with Gasteiger partial charge in [-0.2, -0.15) is 0 Å². The standard InChI is InChI=1S/C19H23N3O/c1-13(2)20-14(3)19(23,15-9-5-4-6-10-15)18-21-16-11-7-8-12-17(16)22-18/h4-14,20,23H,1-3H3,(H,21,22). The lowest BCUT2D eigenvalue weighted by Gasteiger charge is -2.34. The summed E-state index contributed by atoms with van der Waals surface area (Å²) < 4.78 is 0. The Labute approximate surface area is 136 Å². The Morgan fingerprint density at radius 2 is 1.65 bits per heavy atom. The van der Waals surface area contributed by atoms with Gasteiger partial charge in [0, 0.05) is 12.1 Å². The van der Waals surface area contributed by atoms with Crippen molar-refractivity contribution in [1.29, 1.82) is 0 Å². The minimum atomic E-state index is -1.23. The number of fused-ring (bicyclic) bond motifs is 1. The van der Waals surface area contributed by atoms with E-state index in [1.807, 2.05) is 61.5 Å². The Hall–Kier alpha value is -2.17. The first-order chi connectivity index (χ1) is 11.0. The molecule has 1 heterocycles. The van der Waals surface area contributed by atoms with Crippen LogP contribution in [0.15, 0.2) is 54.6 Å². The second kappa shape index (κ2) is 6.14. The van der Waals surface area contributed by atoms with Crippen LogP contribution in [-0.4, -0.2) is 27.2 Å². The van der Waals surface area contributed by atoms with Crippen molar-refractivity contribution in [3.63, 3.8) is 0 Å². The van der Waals surface area contributed by atoms with Crippen LogP contribution in [0.25, 0.3) is 11.0 Å². The van der Waals surface area contributed by atoms with Crippen molar-refractivity contribution in [2.45, 2.75) is 38.5 Å². The average Bonchev–Trinajstić information content (AvgIpc) is 2.98. The highest BCUT2D eigenvalue weighted by Crippen LogP contribution is 2.32. The number of H-pyrrole nitrogens is 1. The zero-order chi connectivity index (χ0) is 16.4. The van der Waals surface area contributed by atoms with Crippen LogP contribution in [-0.2, 0) is 5.60 Å². The summed E-state index contributed by atoms with van der Waals surface area (Å²) in [5.74, 6) is 0.561. The Kier molecular flexibility index (Phi) is 4.20. The van der Waals surface area contributed by atoms with Crippen molar-refractivity contribution in [2.75, 3.05) is 0 Å². The second-order valence-electron chi connectivity index (χ2n) is 6.28. The molecule has 2 aromatic carbocycles. The van der Waals surface area contributed by atoms with Crippen LogP contribution in [0.2, 0.25) is 0 Å². The number of hydrogen-bond acceptors (Lipinski definition) is 3. The normalized spacial score (nSPS) is 15.7. The Bertz CT molecular complexity index is 748. The molecule has 0 radical (unpaired) electrons. The lowest BCUT2D eigenvalue weighted by molar-refractivity contribution is 0.0332. The highest BCUT2D eigenvalue weighted by molar-refractivity contribution is 5.75. The van der Waals surface area contributed by atoms with Crippen LogP contribution in [0.1, 0.15) is 32.2 Å². The smallest absolute Gasteiger partial charge is 0.162 e. The molecule has 4 heteroatoms. The number of nitrogens with zero attached hydrogens (tertiary/aromatic N) is 1. The molecule has 0 bridgehead atoms. The fourth-order valence-electron chi connectivity index (χ4n) is 3.04. The van der Waals surface area contributed by atoms with Gasteiger partial charge >= 0.3 is 0 Å². The molecule has 0 aliphatic carbocycles. The lowest BCUT2D eigenvalue weighted by Crippen LogP contribution is -2.50. The number of nitrogens with one attached hydrogen (secondary N) is 2. The van der Waals surface area contributed by atoms with Crippen LogP contribution < -0.4 is 5.32 Å². The minimum absolute atomic E-state index is 0.203. The molecule has 0 aliphatic rings. The predicted molar refractivity (Wildman–Crippen MR) is 93.3 cm³/mol. The SMILES string of the molecule is CC(C)NC(C)C(O)(c1ccccc1)c1nc2ccccc2[nH]1. The summed E-state index contributed by atoms with van der Waals surface area (Å²) in [4.78, 5) is 7.93. The van der Waals surface area contributed by atoms with Crippen molar-refractivity contribution in [2.24, 2.45) is 0 Å². The quantitative estimate of drug-likeness (QED) is 0.678. The van der Waals surface area contributed by atoms with Gasteiger partial charge in [0.05, 0.1) is 11.0 Å². The van der Waals surface area contributed by atoms with Gasteiger partial charge in [0.2, 0.25) is 0 Å². The fraction of sp³-hybridized carbons (Fsp3) is 0.316. The molecule has 2 unspecified atom stereocenters. The Morgan fingerprint density at radius 3 is 2.30 bits per heavy atom. The maximum Gasteiger partial charge on any atom is 0.162 e. The van der Waals surface area contributed by atoms with Gasteiger partial charge in [-0.05, 0) is 24.6 Å². The van der Waals surface area contributed by atoms with Crippen molar-refractivity contribution < 1.29 is 5.11 Å². The molecule has 2 atom stereocenters. The number of imidazole rings is 1. The fourth-order valence-corrected chi connectivity index (χ4v) is 3.04. The highest BCUT2D eigenvalue weighted by Gasteiger charge is 2.40. The van der Waals surface area contributed by atoms with Crippen molar-refractivity contribution >= 4 is 11.0 Å². The molecule has 3 rings (SSSR count). The molecule has 120 valence electrons. The summed E-state index contributed by atoms with van der Waals surface area (Å²) >= 11 is 0. The first kappa shape index (κ1) is 15.7. The number of aromatic amines is 1. The monoisotopic (exact) mass is 309 g/mol. The summed E-state index contributed by atoms with van der Waals surface area (Å²) in [6, 6.07) is 17.6. The molecule has 0 saturated heterocycles. The van der Waals surface area contributed by atoms with E-state index in [0.29, 0.717) is 5.82 Å². The number of aromatic nitrogens is 2. The molecule has 3 N–H and O–H groups in total. The number of benzene rings is 2. The number of hydrogen-bond donors (Lipinski definition) is 3. The maximum absolute atomic E-state index is 11.6. The highest BCUT2D eigenvalue weighted by atomic mass is 16.3. The number of para-hydroxylation sites is 2. The third-order valence-electron chi connectivity index (χ3n) is 4.17. The maximum atomic E-state index is 11.6. The molecule has 4 nitrogen and oxygen atoms in total. The summed E-state index contributed by atoms with van der Waals surface area (Å²) in [6.07, 6.45) is 0. The molecule has 23 heavy (non-hydrogen) atoms. The molecule has 1 aromatic heterocycles. The first-order valence-corrected chi connectivity index (χ1v) is 8.01. The van der Waals surface area contributed by atoms with Crippen molar-refractivity contribution in [1.82, 2.24) is 15.3 Å². The number of rotatable bonds is 5. The molecule has 0 spiro atoms. The average molecular weight is 309 g/mol. The van der Waals surface area contributed by atoms with E-state index in [2.05, 4.69) is 29.1 Å². The van der Waals surface area contributed by atoms with E-state index in [1.54, 1.807) is 0 Å². The summed E-state index contributed by atoms with van der Waals surface area (Å²) in [6.45, 7) is 6.13. The molecule has 0 aliphatic heterocycles. The van der Waals surface area contributed by atoms with Crippen LogP contribution in [0.5, 0.6) is 0 Å². The molecular weight excluding hydrogens is 286 g/mol. The van der Waals surface area contributed by atoms with E-state index in [0.717, 1.165) is 16.6 Å². The van der Waals surface area contributed by atoms with Gasteiger partial charge < -0.3 is 15.4 Å². The molecule has 0 fully saturated rings. The second-order valence-corrected chi connectivity index (χ2v) is 6.28. The van der Waals surface area contributed by atoms with Gasteiger partial charge in [-0.15, -0.1) is 0 Å². The van der Waals surface area contributed by atoms with E-state index < -0.39 is 5.60 Å². The first-order valence-electron chi connectivity index (χ1n) is 8.01. The summed E-state index contributed by atoms with van der Waals surface area (Å²) in [7, 11) is 0. The Balaban J connectivity index is 2.14. The van der Waals surface area contributed by atoms with E-state index in [9.17, 15) is 5.11 Å². The van der Waals surface area contributed by atoms with E-state index in [4.69, 9.17) is 0 Å². The van der Waals surface area contributed by atoms with Crippen molar-refractivity contribution in [3.8, 4) is 0 Å². The zero-order valence-electron chi connectivity index (χ0n) is 13.7. The van der Waals surface area contributed by atoms with Crippen LogP contribution >= 0.6 is 0 Å². The van der Waals surface area contributed by atoms with Gasteiger partial charge in [-0.3, -0.25) is 0 Å². The number of aliphatic hydroxyl groups is 1. The third kappa shape index (κ3) is 2.87. The predicted octanol–water partition coefficient (Wildman–Crippen LogP) is 3.19. The van der Waals surface area contributed by atoms with E-state index >= 15 is 0 Å². The lowest BCUT2D eigenvalue weighted by atomic mass is 9.86. The molecule has 0 saturated carbocycles. The van der Waals surface area contributed by atoms with Gasteiger partial charge in [0.1, 0.15) is 5.82 Å². The van der Waals surface area contributed by atoms with E-state index in [-0.39, 0.29) is 12.1 Å². The molecule has 3 aromatic rings. The third-order valence-corrected chi connectivity index (χ3v) is 4.17. The summed E-state index contributed by atoms with van der Waals surface area (Å²) in [5, 5.41) is 15.0. The minimum Gasteiger partial charge on any atom is -0.375 e. The van der Waals surface area contributed by atoms with Gasteiger partial charge in [-0.25, -0.2) is 4.98 Å². The van der Waals surface area contributed by atoms with Crippen LogP contribution in [0, 0.1) is 0 Å². The zero-order valence-corrected chi connectivity index (χ0v) is 13.7. The topological polar surface area (TPSA) is 60.9 Å². The van der Waals surface area contributed by atoms with Gasteiger partial charge in [-0.1, -0.05) is 56.3 Å². The molecular formula is C19H23N3O. The molecule has 0 amide bonds. The van der Waals surface area contributed by atoms with Crippen LogP contribution in [0.4, 0.5) is 0 Å². The largest absolute Gasteiger partial charge is 0.375 e. The Morgan fingerprint density at radius 1 is 1.00 bits per heavy atom. The van der Waals surface area contributed by atoms with Gasteiger partial charge in [0.15, 0.2) is 5.60 Å². The van der Waals surface area contributed by atoms with Crippen LogP contribution in [0.3, 0.4) is 0 Å². The summed E-state index contributed by atoms with van der Waals surface area (Å²) in [5.41, 5.74) is 1.37. The van der Waals surface area contributed by atoms with Gasteiger partial charge in [0.25, 0.3) is 0 Å².